The summed E-state index contributed by atoms with van der Waals surface area (Å²) in [4.78, 5) is 11.7. The van der Waals surface area contributed by atoms with Crippen LogP contribution in [0.1, 0.15) is 20.8 Å². The van der Waals surface area contributed by atoms with Crippen LogP contribution in [0.25, 0.3) is 0 Å². The van der Waals surface area contributed by atoms with Gasteiger partial charge in [0.05, 0.1) is 6.10 Å². The number of rotatable bonds is 6. The van der Waals surface area contributed by atoms with E-state index in [0.29, 0.717) is 5.75 Å². The van der Waals surface area contributed by atoms with Crippen molar-refractivity contribution in [3.63, 3.8) is 0 Å². The summed E-state index contributed by atoms with van der Waals surface area (Å²) in [5.74, 6) is 0.0430. The maximum absolute atomic E-state index is 12.3. The van der Waals surface area contributed by atoms with Crippen LogP contribution in [-0.2, 0) is 14.1 Å². The first-order chi connectivity index (χ1) is 9.19. The van der Waals surface area contributed by atoms with Crippen molar-refractivity contribution in [2.24, 2.45) is 0 Å². The summed E-state index contributed by atoms with van der Waals surface area (Å²) in [6, 6.07) is 6.48. The van der Waals surface area contributed by atoms with E-state index in [0.717, 1.165) is 3.57 Å². The van der Waals surface area contributed by atoms with Gasteiger partial charge >= 0.3 is 13.5 Å². The lowest BCUT2D eigenvalue weighted by molar-refractivity contribution is -0.149. The van der Waals surface area contributed by atoms with E-state index >= 15 is 0 Å². The summed E-state index contributed by atoms with van der Waals surface area (Å²) in [6.07, 6.45) is -0.208. The number of benzene rings is 1. The summed E-state index contributed by atoms with van der Waals surface area (Å²) in [5, 5.41) is 2.68. The molecule has 20 heavy (non-hydrogen) atoms. The van der Waals surface area contributed by atoms with Crippen molar-refractivity contribution >= 4 is 36.1 Å². The molecule has 0 heterocycles. The fourth-order valence-corrected chi connectivity index (χ4v) is 3.21. The number of carbonyl (C=O) groups excluding carboxylic acids is 1. The maximum Gasteiger partial charge on any atom is 0.323 e. The second kappa shape index (κ2) is 7.43. The van der Waals surface area contributed by atoms with Crippen molar-refractivity contribution in [1.29, 1.82) is 0 Å². The molecule has 1 rings (SSSR count). The smallest absolute Gasteiger partial charge is 0.323 e. The Hall–Kier alpha value is -0.590. The van der Waals surface area contributed by atoms with Crippen molar-refractivity contribution in [1.82, 2.24) is 5.09 Å². The lowest BCUT2D eigenvalue weighted by atomic mass is 10.3. The molecule has 0 saturated carbocycles. The van der Waals surface area contributed by atoms with Crippen LogP contribution in [0.3, 0.4) is 0 Å². The predicted molar refractivity (Wildman–Crippen MR) is 87.1 cm³/mol. The molecule has 0 radical (unpaired) electrons. The molecular formula is C13H19INO4P. The zero-order valence-electron chi connectivity index (χ0n) is 11.9. The molecule has 5 nitrogen and oxygen atoms in total. The Balaban J connectivity index is 2.62. The summed E-state index contributed by atoms with van der Waals surface area (Å²) in [6.45, 7) is 6.55. The standard InChI is InChI=1S/C13H19INO4P/c1-9(2)18-13(16)10(3)15-20(4,17)19-12-7-5-11(14)6-8-12/h5-10H,1-4H3,(H,15,17)/t10-,20?/m0/s1. The highest BCUT2D eigenvalue weighted by atomic mass is 127. The molecule has 0 aromatic heterocycles. The highest BCUT2D eigenvalue weighted by molar-refractivity contribution is 14.1. The zero-order valence-corrected chi connectivity index (χ0v) is 15.0. The van der Waals surface area contributed by atoms with Gasteiger partial charge in [0.1, 0.15) is 11.8 Å². The van der Waals surface area contributed by atoms with Crippen LogP contribution in [-0.4, -0.2) is 24.8 Å². The van der Waals surface area contributed by atoms with Crippen LogP contribution in [0, 0.1) is 3.57 Å². The number of carbonyl (C=O) groups is 1. The SMILES string of the molecule is CC(C)OC(=O)[C@H](C)NP(C)(=O)Oc1ccc(I)cc1. The predicted octanol–water partition coefficient (Wildman–Crippen LogP) is 3.42. The summed E-state index contributed by atoms with van der Waals surface area (Å²) in [5.41, 5.74) is 0. The summed E-state index contributed by atoms with van der Waals surface area (Å²) < 4.78 is 23.8. The third-order valence-corrected chi connectivity index (χ3v) is 4.36. The molecule has 0 bridgehead atoms. The van der Waals surface area contributed by atoms with E-state index in [1.54, 1.807) is 32.9 Å². The fourth-order valence-electron chi connectivity index (χ4n) is 1.46. The fraction of sp³-hybridized carbons (Fsp3) is 0.462. The molecule has 112 valence electrons. The Morgan fingerprint density at radius 2 is 1.80 bits per heavy atom. The minimum atomic E-state index is -3.14. The Kier molecular flexibility index (Phi) is 6.48. The Morgan fingerprint density at radius 1 is 1.25 bits per heavy atom. The number of esters is 1. The van der Waals surface area contributed by atoms with Gasteiger partial charge in [0.25, 0.3) is 0 Å². The van der Waals surface area contributed by atoms with Gasteiger partial charge in [-0.3, -0.25) is 9.36 Å². The lowest BCUT2D eigenvalue weighted by Gasteiger charge is -2.21. The van der Waals surface area contributed by atoms with E-state index in [2.05, 4.69) is 27.7 Å². The van der Waals surface area contributed by atoms with Gasteiger partial charge in [-0.15, -0.1) is 0 Å². The minimum Gasteiger partial charge on any atom is -0.462 e. The molecule has 0 saturated heterocycles. The molecule has 2 atom stereocenters. The van der Waals surface area contributed by atoms with Crippen molar-refractivity contribution in [2.45, 2.75) is 32.9 Å². The van der Waals surface area contributed by atoms with Crippen molar-refractivity contribution < 1.29 is 18.6 Å². The van der Waals surface area contributed by atoms with Crippen LogP contribution in [0.5, 0.6) is 5.75 Å². The average Bonchev–Trinajstić information content (AvgIpc) is 2.30. The summed E-state index contributed by atoms with van der Waals surface area (Å²) in [7, 11) is -3.14. The van der Waals surface area contributed by atoms with Crippen LogP contribution >= 0.6 is 30.1 Å². The topological polar surface area (TPSA) is 64.6 Å². The first-order valence-corrected chi connectivity index (χ1v) is 9.35. The van der Waals surface area contributed by atoms with Crippen LogP contribution in [0.4, 0.5) is 0 Å². The molecule has 0 aliphatic heterocycles. The molecule has 0 aliphatic carbocycles. The van der Waals surface area contributed by atoms with E-state index in [9.17, 15) is 9.36 Å². The number of nitrogens with one attached hydrogen (secondary N) is 1. The molecule has 1 aromatic rings. The third-order valence-electron chi connectivity index (χ3n) is 2.23. The first kappa shape index (κ1) is 17.5. The van der Waals surface area contributed by atoms with E-state index in [1.807, 2.05) is 12.1 Å². The van der Waals surface area contributed by atoms with Gasteiger partial charge < -0.3 is 9.26 Å². The van der Waals surface area contributed by atoms with Crippen LogP contribution < -0.4 is 9.61 Å². The number of halogens is 1. The van der Waals surface area contributed by atoms with Gasteiger partial charge in [0, 0.05) is 10.2 Å². The first-order valence-electron chi connectivity index (χ1n) is 6.20. The number of ether oxygens (including phenoxy) is 1. The van der Waals surface area contributed by atoms with E-state index < -0.39 is 19.5 Å². The van der Waals surface area contributed by atoms with Crippen LogP contribution in [0.2, 0.25) is 0 Å². The van der Waals surface area contributed by atoms with E-state index in [-0.39, 0.29) is 6.10 Å². The molecule has 1 N–H and O–H groups in total. The molecule has 7 heteroatoms. The van der Waals surface area contributed by atoms with Gasteiger partial charge in [-0.25, -0.2) is 5.09 Å². The largest absolute Gasteiger partial charge is 0.462 e. The Labute approximate surface area is 133 Å². The third kappa shape index (κ3) is 6.24. The lowest BCUT2D eigenvalue weighted by Crippen LogP contribution is -2.35. The highest BCUT2D eigenvalue weighted by Crippen LogP contribution is 2.39. The molecule has 0 fully saturated rings. The van der Waals surface area contributed by atoms with Crippen molar-refractivity contribution in [3.05, 3.63) is 27.8 Å². The quantitative estimate of drug-likeness (QED) is 0.442. The van der Waals surface area contributed by atoms with E-state index in [4.69, 9.17) is 9.26 Å². The monoisotopic (exact) mass is 411 g/mol. The Morgan fingerprint density at radius 3 is 2.30 bits per heavy atom. The molecular weight excluding hydrogens is 392 g/mol. The van der Waals surface area contributed by atoms with E-state index in [1.165, 1.54) is 6.66 Å². The van der Waals surface area contributed by atoms with Gasteiger partial charge in [-0.1, -0.05) is 0 Å². The van der Waals surface area contributed by atoms with Crippen molar-refractivity contribution in [3.8, 4) is 5.75 Å². The molecule has 0 amide bonds. The van der Waals surface area contributed by atoms with Gasteiger partial charge in [-0.2, -0.15) is 0 Å². The van der Waals surface area contributed by atoms with Crippen molar-refractivity contribution in [2.75, 3.05) is 6.66 Å². The molecule has 0 aliphatic rings. The van der Waals surface area contributed by atoms with Gasteiger partial charge in [0.2, 0.25) is 0 Å². The maximum atomic E-state index is 12.3. The number of hydrogen-bond donors (Lipinski definition) is 1. The average molecular weight is 411 g/mol. The number of hydrogen-bond acceptors (Lipinski definition) is 4. The van der Waals surface area contributed by atoms with Gasteiger partial charge in [-0.05, 0) is 67.6 Å². The Bertz CT molecular complexity index is 504. The highest BCUT2D eigenvalue weighted by Gasteiger charge is 2.25. The van der Waals surface area contributed by atoms with Crippen LogP contribution in [0.15, 0.2) is 24.3 Å². The van der Waals surface area contributed by atoms with Gasteiger partial charge in [0.15, 0.2) is 0 Å². The summed E-state index contributed by atoms with van der Waals surface area (Å²) >= 11 is 2.17. The minimum absolute atomic E-state index is 0.208. The molecule has 0 spiro atoms. The molecule has 1 aromatic carbocycles. The molecule has 1 unspecified atom stereocenters. The zero-order chi connectivity index (χ0) is 15.3. The second-order valence-corrected chi connectivity index (χ2v) is 8.11. The second-order valence-electron chi connectivity index (χ2n) is 4.73. The normalized spacial score (nSPS) is 15.5.